The van der Waals surface area contributed by atoms with E-state index in [0.717, 1.165) is 42.9 Å². The first kappa shape index (κ1) is 13.1. The summed E-state index contributed by atoms with van der Waals surface area (Å²) in [6.07, 6.45) is 6.36. The van der Waals surface area contributed by atoms with Crippen molar-refractivity contribution >= 4 is 11.6 Å². The fraction of sp³-hybridized carbons (Fsp3) is 0.714. The molecule has 4 heteroatoms. The molecule has 1 fully saturated rings. The van der Waals surface area contributed by atoms with Gasteiger partial charge in [-0.25, -0.2) is 9.97 Å². The maximum absolute atomic E-state index is 4.50. The molecule has 4 nitrogen and oxygen atoms in total. The van der Waals surface area contributed by atoms with Crippen LogP contribution >= 0.6 is 0 Å². The molecular formula is C14H24N4. The highest BCUT2D eigenvalue weighted by atomic mass is 15.1. The Labute approximate surface area is 110 Å². The van der Waals surface area contributed by atoms with E-state index in [1.807, 2.05) is 6.07 Å². The van der Waals surface area contributed by atoms with E-state index in [2.05, 4.69) is 34.4 Å². The lowest BCUT2D eigenvalue weighted by molar-refractivity contribution is 0.686. The molecule has 0 atom stereocenters. The molecule has 1 aromatic heterocycles. The van der Waals surface area contributed by atoms with Gasteiger partial charge in [-0.05, 0) is 25.7 Å². The molecule has 1 aliphatic rings. The molecule has 1 saturated carbocycles. The van der Waals surface area contributed by atoms with Gasteiger partial charge in [0.25, 0.3) is 0 Å². The molecular weight excluding hydrogens is 224 g/mol. The van der Waals surface area contributed by atoms with Gasteiger partial charge in [-0.3, -0.25) is 0 Å². The fourth-order valence-electron chi connectivity index (χ4n) is 2.03. The Hall–Kier alpha value is -1.32. The minimum atomic E-state index is 0.871. The van der Waals surface area contributed by atoms with Gasteiger partial charge in [-0.15, -0.1) is 0 Å². The highest BCUT2D eigenvalue weighted by Gasteiger charge is 2.19. The summed E-state index contributed by atoms with van der Waals surface area (Å²) in [5, 5.41) is 6.66. The number of nitrogens with one attached hydrogen (secondary N) is 2. The Morgan fingerprint density at radius 3 is 2.50 bits per heavy atom. The van der Waals surface area contributed by atoms with Crippen molar-refractivity contribution in [2.45, 2.75) is 46.0 Å². The van der Waals surface area contributed by atoms with Crippen molar-refractivity contribution < 1.29 is 0 Å². The summed E-state index contributed by atoms with van der Waals surface area (Å²) in [4.78, 5) is 8.95. The third-order valence-corrected chi connectivity index (χ3v) is 3.24. The summed E-state index contributed by atoms with van der Waals surface area (Å²) in [7, 11) is 0. The topological polar surface area (TPSA) is 49.8 Å². The van der Waals surface area contributed by atoms with Crippen LogP contribution in [0.2, 0.25) is 0 Å². The van der Waals surface area contributed by atoms with Crippen molar-refractivity contribution in [1.29, 1.82) is 0 Å². The number of rotatable bonds is 8. The van der Waals surface area contributed by atoms with Crippen molar-refractivity contribution in [2.24, 2.45) is 5.92 Å². The monoisotopic (exact) mass is 248 g/mol. The Morgan fingerprint density at radius 2 is 1.89 bits per heavy atom. The minimum absolute atomic E-state index is 0.871. The maximum atomic E-state index is 4.50. The van der Waals surface area contributed by atoms with Crippen LogP contribution in [0, 0.1) is 5.92 Å². The Morgan fingerprint density at radius 1 is 1.17 bits per heavy atom. The summed E-state index contributed by atoms with van der Waals surface area (Å²) >= 11 is 0. The molecule has 0 aromatic carbocycles. The molecule has 1 heterocycles. The Bertz CT molecular complexity index is 374. The van der Waals surface area contributed by atoms with E-state index in [1.165, 1.54) is 25.7 Å². The second-order valence-electron chi connectivity index (χ2n) is 4.95. The van der Waals surface area contributed by atoms with Gasteiger partial charge in [0.1, 0.15) is 17.5 Å². The first-order valence-corrected chi connectivity index (χ1v) is 7.17. The van der Waals surface area contributed by atoms with Crippen molar-refractivity contribution in [3.63, 3.8) is 0 Å². The molecule has 1 aliphatic carbocycles. The number of aromatic nitrogens is 2. The predicted octanol–water partition coefficient (Wildman–Crippen LogP) is 3.07. The number of hydrogen-bond donors (Lipinski definition) is 2. The van der Waals surface area contributed by atoms with Gasteiger partial charge in [0.2, 0.25) is 0 Å². The third kappa shape index (κ3) is 4.17. The zero-order valence-electron chi connectivity index (χ0n) is 11.5. The molecule has 0 unspecified atom stereocenters. The highest BCUT2D eigenvalue weighted by molar-refractivity contribution is 5.47. The summed E-state index contributed by atoms with van der Waals surface area (Å²) in [6.45, 7) is 6.07. The summed E-state index contributed by atoms with van der Waals surface area (Å²) < 4.78 is 0. The minimum Gasteiger partial charge on any atom is -0.370 e. The van der Waals surface area contributed by atoms with Crippen molar-refractivity contribution in [3.05, 3.63) is 11.9 Å². The Kier molecular flexibility index (Phi) is 4.79. The van der Waals surface area contributed by atoms with Crippen LogP contribution in [0.1, 0.15) is 45.4 Å². The van der Waals surface area contributed by atoms with E-state index < -0.39 is 0 Å². The van der Waals surface area contributed by atoms with E-state index in [4.69, 9.17) is 0 Å². The van der Waals surface area contributed by atoms with Crippen LogP contribution in [0.3, 0.4) is 0 Å². The zero-order chi connectivity index (χ0) is 12.8. The average Bonchev–Trinajstić information content (AvgIpc) is 3.19. The van der Waals surface area contributed by atoms with Gasteiger partial charge in [0.05, 0.1) is 0 Å². The SMILES string of the molecule is CCNc1cc(NCCCC2CC2)nc(CC)n1. The lowest BCUT2D eigenvalue weighted by Crippen LogP contribution is -2.08. The van der Waals surface area contributed by atoms with Gasteiger partial charge in [-0.1, -0.05) is 19.8 Å². The molecule has 1 aromatic rings. The van der Waals surface area contributed by atoms with E-state index >= 15 is 0 Å². The molecule has 0 aliphatic heterocycles. The van der Waals surface area contributed by atoms with Crippen LogP contribution in [0.25, 0.3) is 0 Å². The lowest BCUT2D eigenvalue weighted by Gasteiger charge is -2.09. The van der Waals surface area contributed by atoms with Crippen LogP contribution in [0.15, 0.2) is 6.07 Å². The molecule has 18 heavy (non-hydrogen) atoms. The summed E-state index contributed by atoms with van der Waals surface area (Å²) in [6, 6.07) is 2.00. The highest BCUT2D eigenvalue weighted by Crippen LogP contribution is 2.33. The first-order chi connectivity index (χ1) is 8.81. The summed E-state index contributed by atoms with van der Waals surface area (Å²) in [5.41, 5.74) is 0. The second-order valence-corrected chi connectivity index (χ2v) is 4.95. The quantitative estimate of drug-likeness (QED) is 0.694. The maximum Gasteiger partial charge on any atom is 0.132 e. The second kappa shape index (κ2) is 6.57. The smallest absolute Gasteiger partial charge is 0.132 e. The van der Waals surface area contributed by atoms with E-state index in [0.29, 0.717) is 0 Å². The molecule has 0 spiro atoms. The number of aryl methyl sites for hydroxylation is 1. The van der Waals surface area contributed by atoms with Crippen molar-refractivity contribution in [3.8, 4) is 0 Å². The number of nitrogens with zero attached hydrogens (tertiary/aromatic N) is 2. The molecule has 0 bridgehead atoms. The normalized spacial score (nSPS) is 14.6. The van der Waals surface area contributed by atoms with Gasteiger partial charge in [0, 0.05) is 25.6 Å². The lowest BCUT2D eigenvalue weighted by atomic mass is 10.2. The third-order valence-electron chi connectivity index (χ3n) is 3.24. The number of anilines is 2. The van der Waals surface area contributed by atoms with Gasteiger partial charge in [-0.2, -0.15) is 0 Å². The van der Waals surface area contributed by atoms with E-state index in [9.17, 15) is 0 Å². The predicted molar refractivity (Wildman–Crippen MR) is 76.0 cm³/mol. The van der Waals surface area contributed by atoms with Crippen LogP contribution < -0.4 is 10.6 Å². The summed E-state index contributed by atoms with van der Waals surface area (Å²) in [5.74, 6) is 3.79. The molecule has 2 N–H and O–H groups in total. The molecule has 0 saturated heterocycles. The van der Waals surface area contributed by atoms with Gasteiger partial charge in [0.15, 0.2) is 0 Å². The van der Waals surface area contributed by atoms with E-state index in [-0.39, 0.29) is 0 Å². The van der Waals surface area contributed by atoms with Crippen LogP contribution in [0.5, 0.6) is 0 Å². The van der Waals surface area contributed by atoms with Gasteiger partial charge < -0.3 is 10.6 Å². The van der Waals surface area contributed by atoms with Crippen LogP contribution in [-0.2, 0) is 6.42 Å². The van der Waals surface area contributed by atoms with Crippen LogP contribution in [0.4, 0.5) is 11.6 Å². The first-order valence-electron chi connectivity index (χ1n) is 7.17. The van der Waals surface area contributed by atoms with Crippen molar-refractivity contribution in [1.82, 2.24) is 9.97 Å². The molecule has 0 amide bonds. The molecule has 2 rings (SSSR count). The standard InChI is InChI=1S/C14H24N4/c1-3-12-17-13(15-4-2)10-14(18-12)16-9-5-6-11-7-8-11/h10-11H,3-9H2,1-2H3,(H2,15,16,17,18). The molecule has 0 radical (unpaired) electrons. The van der Waals surface area contributed by atoms with Gasteiger partial charge >= 0.3 is 0 Å². The fourth-order valence-corrected chi connectivity index (χ4v) is 2.03. The van der Waals surface area contributed by atoms with E-state index in [1.54, 1.807) is 0 Å². The van der Waals surface area contributed by atoms with Crippen LogP contribution in [-0.4, -0.2) is 23.1 Å². The Balaban J connectivity index is 1.85. The van der Waals surface area contributed by atoms with Crippen molar-refractivity contribution in [2.75, 3.05) is 23.7 Å². The largest absolute Gasteiger partial charge is 0.370 e. The number of hydrogen-bond acceptors (Lipinski definition) is 4. The molecule has 100 valence electrons. The zero-order valence-corrected chi connectivity index (χ0v) is 11.5. The average molecular weight is 248 g/mol.